The van der Waals surface area contributed by atoms with Crippen LogP contribution in [0.15, 0.2) is 16.5 Å². The molecule has 1 aromatic heterocycles. The number of furan rings is 1. The Hall–Kier alpha value is -2.31. The first-order chi connectivity index (χ1) is 10.9. The molecule has 126 valence electrons. The largest absolute Gasteiger partial charge is 0.481 e. The average Bonchev–Trinajstić information content (AvgIpc) is 2.92. The van der Waals surface area contributed by atoms with Crippen molar-refractivity contribution in [3.05, 3.63) is 23.7 Å². The summed E-state index contributed by atoms with van der Waals surface area (Å²) in [5.41, 5.74) is 0. The number of likely N-dealkylation sites (N-methyl/N-ethyl adjacent to an activating group) is 1. The van der Waals surface area contributed by atoms with E-state index < -0.39 is 11.9 Å². The van der Waals surface area contributed by atoms with Crippen LogP contribution in [-0.4, -0.2) is 59.4 Å². The molecule has 7 heteroatoms. The SMILES string of the molecule is Cc1ccc(CC(=O)N(C)CC(=O)N2CCCC(C(=O)O)C2)o1. The lowest BCUT2D eigenvalue weighted by atomic mass is 9.98. The highest BCUT2D eigenvalue weighted by molar-refractivity contribution is 5.85. The van der Waals surface area contributed by atoms with Crippen molar-refractivity contribution < 1.29 is 23.9 Å². The number of aryl methyl sites for hydroxylation is 1. The summed E-state index contributed by atoms with van der Waals surface area (Å²) in [7, 11) is 1.56. The normalized spacial score (nSPS) is 17.8. The van der Waals surface area contributed by atoms with Crippen molar-refractivity contribution in [2.75, 3.05) is 26.7 Å². The molecule has 0 radical (unpaired) electrons. The fourth-order valence-electron chi connectivity index (χ4n) is 2.66. The van der Waals surface area contributed by atoms with E-state index in [2.05, 4.69) is 0 Å². The first kappa shape index (κ1) is 17.1. The lowest BCUT2D eigenvalue weighted by Crippen LogP contribution is -2.47. The molecule has 1 saturated heterocycles. The van der Waals surface area contributed by atoms with Gasteiger partial charge in [0.05, 0.1) is 18.9 Å². The number of nitrogens with zero attached hydrogens (tertiary/aromatic N) is 2. The summed E-state index contributed by atoms with van der Waals surface area (Å²) in [5.74, 6) is -0.517. The van der Waals surface area contributed by atoms with Gasteiger partial charge in [-0.05, 0) is 31.9 Å². The summed E-state index contributed by atoms with van der Waals surface area (Å²) in [6.07, 6.45) is 1.37. The summed E-state index contributed by atoms with van der Waals surface area (Å²) in [5, 5.41) is 9.06. The molecule has 1 aromatic rings. The predicted octanol–water partition coefficient (Wildman–Crippen LogP) is 0.912. The number of hydrogen-bond donors (Lipinski definition) is 1. The average molecular weight is 322 g/mol. The molecule has 0 saturated carbocycles. The van der Waals surface area contributed by atoms with Crippen LogP contribution in [0.3, 0.4) is 0 Å². The summed E-state index contributed by atoms with van der Waals surface area (Å²) in [6.45, 7) is 2.51. The highest BCUT2D eigenvalue weighted by Crippen LogP contribution is 2.17. The molecule has 0 spiro atoms. The van der Waals surface area contributed by atoms with Gasteiger partial charge in [-0.2, -0.15) is 0 Å². The standard InChI is InChI=1S/C16H22N2O5/c1-11-5-6-13(23-11)8-14(19)17(2)10-15(20)18-7-3-4-12(9-18)16(21)22/h5-6,12H,3-4,7-10H2,1-2H3,(H,21,22). The molecule has 1 atom stereocenters. The molecule has 2 amide bonds. The fraction of sp³-hybridized carbons (Fsp3) is 0.562. The van der Waals surface area contributed by atoms with Crippen molar-refractivity contribution in [2.45, 2.75) is 26.2 Å². The zero-order chi connectivity index (χ0) is 17.0. The monoisotopic (exact) mass is 322 g/mol. The number of carbonyl (C=O) groups is 3. The van der Waals surface area contributed by atoms with Gasteiger partial charge in [0.25, 0.3) is 0 Å². The van der Waals surface area contributed by atoms with Gasteiger partial charge >= 0.3 is 5.97 Å². The fourth-order valence-corrected chi connectivity index (χ4v) is 2.66. The van der Waals surface area contributed by atoms with E-state index in [0.717, 1.165) is 5.76 Å². The summed E-state index contributed by atoms with van der Waals surface area (Å²) in [6, 6.07) is 3.53. The molecule has 0 aromatic carbocycles. The summed E-state index contributed by atoms with van der Waals surface area (Å²) in [4.78, 5) is 38.3. The van der Waals surface area contributed by atoms with Crippen molar-refractivity contribution in [1.82, 2.24) is 9.80 Å². The highest BCUT2D eigenvalue weighted by Gasteiger charge is 2.29. The minimum atomic E-state index is -0.875. The number of piperidine rings is 1. The Morgan fingerprint density at radius 1 is 1.39 bits per heavy atom. The van der Waals surface area contributed by atoms with Crippen LogP contribution in [0.2, 0.25) is 0 Å². The Morgan fingerprint density at radius 2 is 2.13 bits per heavy atom. The quantitative estimate of drug-likeness (QED) is 0.870. The zero-order valence-corrected chi connectivity index (χ0v) is 13.4. The smallest absolute Gasteiger partial charge is 0.308 e. The number of carbonyl (C=O) groups excluding carboxylic acids is 2. The molecule has 23 heavy (non-hydrogen) atoms. The van der Waals surface area contributed by atoms with Gasteiger partial charge < -0.3 is 19.3 Å². The van der Waals surface area contributed by atoms with Crippen LogP contribution in [0.5, 0.6) is 0 Å². The first-order valence-electron chi connectivity index (χ1n) is 7.66. The van der Waals surface area contributed by atoms with Crippen molar-refractivity contribution >= 4 is 17.8 Å². The summed E-state index contributed by atoms with van der Waals surface area (Å²) >= 11 is 0. The number of carboxylic acids is 1. The van der Waals surface area contributed by atoms with E-state index in [1.165, 1.54) is 9.80 Å². The Balaban J connectivity index is 1.86. The van der Waals surface area contributed by atoms with Gasteiger partial charge in [0.1, 0.15) is 11.5 Å². The number of aliphatic carboxylic acids is 1. The van der Waals surface area contributed by atoms with E-state index in [4.69, 9.17) is 9.52 Å². The van der Waals surface area contributed by atoms with Gasteiger partial charge in [0.2, 0.25) is 11.8 Å². The number of carboxylic acid groups (broad SMARTS) is 1. The molecule has 2 rings (SSSR count). The third-order valence-corrected chi connectivity index (χ3v) is 4.04. The van der Waals surface area contributed by atoms with Gasteiger partial charge in [-0.1, -0.05) is 0 Å². The van der Waals surface area contributed by atoms with E-state index in [1.54, 1.807) is 26.1 Å². The van der Waals surface area contributed by atoms with Crippen LogP contribution >= 0.6 is 0 Å². The van der Waals surface area contributed by atoms with Crippen LogP contribution in [0.25, 0.3) is 0 Å². The highest BCUT2D eigenvalue weighted by atomic mass is 16.4. The van der Waals surface area contributed by atoms with Crippen molar-refractivity contribution in [3.63, 3.8) is 0 Å². The lowest BCUT2D eigenvalue weighted by molar-refractivity contribution is -0.147. The molecule has 7 nitrogen and oxygen atoms in total. The van der Waals surface area contributed by atoms with Gasteiger partial charge in [-0.25, -0.2) is 0 Å². The number of likely N-dealkylation sites (tertiary alicyclic amines) is 1. The minimum absolute atomic E-state index is 0.0507. The molecular weight excluding hydrogens is 300 g/mol. The second-order valence-electron chi connectivity index (χ2n) is 5.96. The Labute approximate surface area is 134 Å². The minimum Gasteiger partial charge on any atom is -0.481 e. The van der Waals surface area contributed by atoms with Crippen molar-refractivity contribution in [1.29, 1.82) is 0 Å². The molecule has 1 unspecified atom stereocenters. The number of rotatable bonds is 5. The lowest BCUT2D eigenvalue weighted by Gasteiger charge is -2.32. The Morgan fingerprint density at radius 3 is 2.74 bits per heavy atom. The Kier molecular flexibility index (Phi) is 5.41. The van der Waals surface area contributed by atoms with E-state index in [0.29, 0.717) is 25.1 Å². The van der Waals surface area contributed by atoms with Gasteiger partial charge in [0, 0.05) is 20.1 Å². The molecule has 1 aliphatic heterocycles. The van der Waals surface area contributed by atoms with Crippen LogP contribution in [-0.2, 0) is 20.8 Å². The van der Waals surface area contributed by atoms with Crippen LogP contribution in [0.4, 0.5) is 0 Å². The molecule has 1 aliphatic rings. The van der Waals surface area contributed by atoms with Crippen LogP contribution in [0.1, 0.15) is 24.4 Å². The number of hydrogen-bond acceptors (Lipinski definition) is 4. The van der Waals surface area contributed by atoms with Crippen LogP contribution in [0, 0.1) is 12.8 Å². The van der Waals surface area contributed by atoms with E-state index in [-0.39, 0.29) is 31.3 Å². The predicted molar refractivity (Wildman–Crippen MR) is 81.7 cm³/mol. The molecule has 0 aliphatic carbocycles. The van der Waals surface area contributed by atoms with Gasteiger partial charge in [0.15, 0.2) is 0 Å². The van der Waals surface area contributed by atoms with Crippen LogP contribution < -0.4 is 0 Å². The second-order valence-corrected chi connectivity index (χ2v) is 5.96. The van der Waals surface area contributed by atoms with Crippen molar-refractivity contribution in [3.8, 4) is 0 Å². The molecular formula is C16H22N2O5. The van der Waals surface area contributed by atoms with Crippen molar-refractivity contribution in [2.24, 2.45) is 5.92 Å². The molecule has 2 heterocycles. The Bertz CT molecular complexity index is 595. The van der Waals surface area contributed by atoms with E-state index in [1.807, 2.05) is 0 Å². The van der Waals surface area contributed by atoms with Gasteiger partial charge in [-0.15, -0.1) is 0 Å². The maximum absolute atomic E-state index is 12.3. The topological polar surface area (TPSA) is 91.1 Å². The maximum atomic E-state index is 12.3. The molecule has 1 fully saturated rings. The first-order valence-corrected chi connectivity index (χ1v) is 7.66. The zero-order valence-electron chi connectivity index (χ0n) is 13.4. The third-order valence-electron chi connectivity index (χ3n) is 4.04. The third kappa shape index (κ3) is 4.58. The van der Waals surface area contributed by atoms with E-state index >= 15 is 0 Å². The number of amides is 2. The van der Waals surface area contributed by atoms with E-state index in [9.17, 15) is 14.4 Å². The second kappa shape index (κ2) is 7.30. The molecule has 0 bridgehead atoms. The molecule has 1 N–H and O–H groups in total. The maximum Gasteiger partial charge on any atom is 0.308 e. The van der Waals surface area contributed by atoms with Gasteiger partial charge in [-0.3, -0.25) is 14.4 Å². The summed E-state index contributed by atoms with van der Waals surface area (Å²) < 4.78 is 5.36.